The summed E-state index contributed by atoms with van der Waals surface area (Å²) in [4.78, 5) is 38.3. The minimum absolute atomic E-state index is 0.132. The number of halogens is 3. The molecule has 0 aromatic heterocycles. The summed E-state index contributed by atoms with van der Waals surface area (Å²) in [6.45, 7) is -0.330. The van der Waals surface area contributed by atoms with Crippen LogP contribution in [0.2, 0.25) is 0 Å². The quantitative estimate of drug-likeness (QED) is 0.442. The van der Waals surface area contributed by atoms with E-state index in [0.717, 1.165) is 17.0 Å². The van der Waals surface area contributed by atoms with E-state index in [1.54, 1.807) is 24.3 Å². The van der Waals surface area contributed by atoms with Crippen molar-refractivity contribution in [3.8, 4) is 0 Å². The Hall–Kier alpha value is -3.94. The topological polar surface area (TPSA) is 63.7 Å². The van der Waals surface area contributed by atoms with Crippen LogP contribution in [0.5, 0.6) is 0 Å². The van der Waals surface area contributed by atoms with Crippen LogP contribution in [-0.4, -0.2) is 17.8 Å². The van der Waals surface area contributed by atoms with Gasteiger partial charge in [-0.15, -0.1) is 0 Å². The van der Waals surface area contributed by atoms with Gasteiger partial charge in [0.1, 0.15) is 6.61 Å². The molecule has 2 amide bonds. The van der Waals surface area contributed by atoms with Crippen LogP contribution < -0.4 is 4.90 Å². The van der Waals surface area contributed by atoms with Crippen molar-refractivity contribution in [2.45, 2.75) is 12.8 Å². The Bertz CT molecular complexity index is 1150. The first-order valence-electron chi connectivity index (χ1n) is 9.17. The molecule has 3 aromatic rings. The maximum Gasteiger partial charge on any atom is 0.416 e. The Morgan fingerprint density at radius 2 is 1.45 bits per heavy atom. The lowest BCUT2D eigenvalue weighted by Crippen LogP contribution is -2.29. The molecule has 8 heteroatoms. The molecule has 0 radical (unpaired) electrons. The highest BCUT2D eigenvalue weighted by Crippen LogP contribution is 2.30. The summed E-state index contributed by atoms with van der Waals surface area (Å²) < 4.78 is 43.4. The number of rotatable bonds is 4. The number of carbonyl (C=O) groups excluding carboxylic acids is 3. The molecule has 3 aromatic carbocycles. The number of anilines is 1. The zero-order chi connectivity index (χ0) is 22.2. The van der Waals surface area contributed by atoms with Gasteiger partial charge in [-0.1, -0.05) is 24.3 Å². The van der Waals surface area contributed by atoms with E-state index in [1.165, 1.54) is 36.4 Å². The fourth-order valence-electron chi connectivity index (χ4n) is 3.24. The molecule has 0 bridgehead atoms. The van der Waals surface area contributed by atoms with Crippen LogP contribution in [0, 0.1) is 0 Å². The standard InChI is InChI=1S/C23H14F3NO4/c24-23(25,26)16-5-3-4-14(12-16)13-31-22(30)15-8-10-17(11-9-15)27-20(28)18-6-1-2-7-19(18)21(27)29/h1-12H,13H2. The van der Waals surface area contributed by atoms with Gasteiger partial charge in [0.25, 0.3) is 11.8 Å². The van der Waals surface area contributed by atoms with Crippen molar-refractivity contribution in [3.05, 3.63) is 101 Å². The SMILES string of the molecule is O=C(OCc1cccc(C(F)(F)F)c1)c1ccc(N2C(=O)c3ccccc3C2=O)cc1. The first-order valence-corrected chi connectivity index (χ1v) is 9.17. The maximum atomic E-state index is 12.8. The Morgan fingerprint density at radius 3 is 2.03 bits per heavy atom. The summed E-state index contributed by atoms with van der Waals surface area (Å²) in [6.07, 6.45) is -4.49. The van der Waals surface area contributed by atoms with E-state index in [1.807, 2.05) is 0 Å². The van der Waals surface area contributed by atoms with E-state index >= 15 is 0 Å². The van der Waals surface area contributed by atoms with Gasteiger partial charge in [-0.2, -0.15) is 13.2 Å². The largest absolute Gasteiger partial charge is 0.457 e. The highest BCUT2D eigenvalue weighted by molar-refractivity contribution is 6.34. The normalized spacial score (nSPS) is 13.3. The average Bonchev–Trinajstić information content (AvgIpc) is 3.02. The molecule has 0 fully saturated rings. The number of fused-ring (bicyclic) bond motifs is 1. The van der Waals surface area contributed by atoms with E-state index in [-0.39, 0.29) is 17.7 Å². The maximum absolute atomic E-state index is 12.8. The summed E-state index contributed by atoms with van der Waals surface area (Å²) >= 11 is 0. The number of carbonyl (C=O) groups is 3. The summed E-state index contributed by atoms with van der Waals surface area (Å²) in [7, 11) is 0. The highest BCUT2D eigenvalue weighted by Gasteiger charge is 2.36. The highest BCUT2D eigenvalue weighted by atomic mass is 19.4. The number of imide groups is 1. The van der Waals surface area contributed by atoms with Crippen LogP contribution in [-0.2, 0) is 17.5 Å². The monoisotopic (exact) mass is 425 g/mol. The molecule has 0 N–H and O–H groups in total. The second-order valence-corrected chi connectivity index (χ2v) is 6.81. The lowest BCUT2D eigenvalue weighted by Gasteiger charge is -2.14. The molecule has 1 heterocycles. The molecule has 4 rings (SSSR count). The fourth-order valence-corrected chi connectivity index (χ4v) is 3.24. The molecular weight excluding hydrogens is 411 g/mol. The molecule has 0 atom stereocenters. The third kappa shape index (κ3) is 3.92. The van der Waals surface area contributed by atoms with Crippen molar-refractivity contribution in [2.24, 2.45) is 0 Å². The number of esters is 1. The second-order valence-electron chi connectivity index (χ2n) is 6.81. The third-order valence-corrected chi connectivity index (χ3v) is 4.78. The Morgan fingerprint density at radius 1 is 0.839 bits per heavy atom. The van der Waals surface area contributed by atoms with Crippen LogP contribution >= 0.6 is 0 Å². The van der Waals surface area contributed by atoms with E-state index in [4.69, 9.17) is 4.74 Å². The minimum atomic E-state index is -4.49. The molecule has 0 saturated heterocycles. The van der Waals surface area contributed by atoms with Gasteiger partial charge in [-0.25, -0.2) is 9.69 Å². The number of alkyl halides is 3. The van der Waals surface area contributed by atoms with E-state index in [2.05, 4.69) is 0 Å². The zero-order valence-corrected chi connectivity index (χ0v) is 15.8. The first kappa shape index (κ1) is 20.3. The fraction of sp³-hybridized carbons (Fsp3) is 0.0870. The van der Waals surface area contributed by atoms with Gasteiger partial charge in [0.15, 0.2) is 0 Å². The Balaban J connectivity index is 1.45. The van der Waals surface area contributed by atoms with Crippen molar-refractivity contribution in [3.63, 3.8) is 0 Å². The van der Waals surface area contributed by atoms with Gasteiger partial charge >= 0.3 is 12.1 Å². The van der Waals surface area contributed by atoms with Crippen molar-refractivity contribution in [1.29, 1.82) is 0 Å². The van der Waals surface area contributed by atoms with Gasteiger partial charge < -0.3 is 4.74 Å². The molecule has 156 valence electrons. The summed E-state index contributed by atoms with van der Waals surface area (Å²) in [5.74, 6) is -1.66. The number of hydrogen-bond donors (Lipinski definition) is 0. The number of ether oxygens (including phenoxy) is 1. The molecule has 0 spiro atoms. The summed E-state index contributed by atoms with van der Waals surface area (Å²) in [5, 5.41) is 0. The molecule has 1 aliphatic rings. The summed E-state index contributed by atoms with van der Waals surface area (Å²) in [5.41, 5.74) is 0.402. The number of amides is 2. The molecule has 0 aliphatic carbocycles. The second kappa shape index (κ2) is 7.71. The van der Waals surface area contributed by atoms with Gasteiger partial charge in [0, 0.05) is 0 Å². The van der Waals surface area contributed by atoms with Crippen LogP contribution in [0.15, 0.2) is 72.8 Å². The summed E-state index contributed by atoms with van der Waals surface area (Å²) in [6, 6.07) is 16.6. The average molecular weight is 425 g/mol. The van der Waals surface area contributed by atoms with E-state index in [0.29, 0.717) is 16.8 Å². The van der Waals surface area contributed by atoms with Crippen molar-refractivity contribution in [1.82, 2.24) is 0 Å². The van der Waals surface area contributed by atoms with Crippen molar-refractivity contribution >= 4 is 23.5 Å². The lowest BCUT2D eigenvalue weighted by molar-refractivity contribution is -0.137. The van der Waals surface area contributed by atoms with Crippen LogP contribution in [0.25, 0.3) is 0 Å². The Kier molecular flexibility index (Phi) is 5.06. The molecule has 31 heavy (non-hydrogen) atoms. The van der Waals surface area contributed by atoms with Crippen LogP contribution in [0.3, 0.4) is 0 Å². The third-order valence-electron chi connectivity index (χ3n) is 4.78. The molecule has 5 nitrogen and oxygen atoms in total. The van der Waals surface area contributed by atoms with Crippen molar-refractivity contribution in [2.75, 3.05) is 4.90 Å². The smallest absolute Gasteiger partial charge is 0.416 e. The number of hydrogen-bond acceptors (Lipinski definition) is 4. The zero-order valence-electron chi connectivity index (χ0n) is 15.8. The number of nitrogens with zero attached hydrogens (tertiary/aromatic N) is 1. The molecule has 0 unspecified atom stereocenters. The number of benzene rings is 3. The molecule has 0 saturated carbocycles. The first-order chi connectivity index (χ1) is 14.8. The predicted molar refractivity (Wildman–Crippen MR) is 105 cm³/mol. The molecular formula is C23H14F3NO4. The van der Waals surface area contributed by atoms with Gasteiger partial charge in [-0.3, -0.25) is 9.59 Å². The van der Waals surface area contributed by atoms with Crippen molar-refractivity contribution < 1.29 is 32.3 Å². The van der Waals surface area contributed by atoms with E-state index < -0.39 is 29.5 Å². The van der Waals surface area contributed by atoms with E-state index in [9.17, 15) is 27.6 Å². The van der Waals surface area contributed by atoms with Gasteiger partial charge in [0.2, 0.25) is 0 Å². The van der Waals surface area contributed by atoms with Gasteiger partial charge in [-0.05, 0) is 54.1 Å². The van der Waals surface area contributed by atoms with Gasteiger partial charge in [0.05, 0.1) is 27.9 Å². The minimum Gasteiger partial charge on any atom is -0.457 e. The van der Waals surface area contributed by atoms with Crippen LogP contribution in [0.4, 0.5) is 18.9 Å². The predicted octanol–water partition coefficient (Wildman–Crippen LogP) is 4.86. The lowest BCUT2D eigenvalue weighted by atomic mass is 10.1. The van der Waals surface area contributed by atoms with Crippen LogP contribution in [0.1, 0.15) is 42.2 Å². The Labute approximate surface area is 174 Å². The molecule has 1 aliphatic heterocycles.